The Morgan fingerprint density at radius 2 is 1.77 bits per heavy atom. The molecule has 1 N–H and O–H groups in total. The van der Waals surface area contributed by atoms with Crippen LogP contribution in [0, 0.1) is 6.92 Å². The van der Waals surface area contributed by atoms with Gasteiger partial charge >= 0.3 is 0 Å². The van der Waals surface area contributed by atoms with E-state index >= 15 is 0 Å². The Morgan fingerprint density at radius 3 is 2.59 bits per heavy atom. The summed E-state index contributed by atoms with van der Waals surface area (Å²) in [5, 5.41) is 5.10. The second kappa shape index (κ2) is 6.31. The molecule has 0 aliphatic carbocycles. The first-order valence-electron chi connectivity index (χ1n) is 7.19. The SMILES string of the molecule is Cc1cccc(OCC(=O)Nc2ccc3ccccc3c2)c1. The second-order valence-electron chi connectivity index (χ2n) is 5.22. The standard InChI is InChI=1S/C19H17NO2/c1-14-5-4-8-18(11-14)22-13-19(21)20-17-10-9-15-6-2-3-7-16(15)12-17/h2-12H,13H2,1H3,(H,20,21). The fraction of sp³-hybridized carbons (Fsp3) is 0.105. The molecule has 0 aliphatic heterocycles. The molecule has 0 bridgehead atoms. The van der Waals surface area contributed by atoms with Gasteiger partial charge in [-0.25, -0.2) is 0 Å². The van der Waals surface area contributed by atoms with Crippen molar-refractivity contribution in [2.45, 2.75) is 6.92 Å². The molecule has 22 heavy (non-hydrogen) atoms. The normalized spacial score (nSPS) is 10.4. The monoisotopic (exact) mass is 291 g/mol. The molecule has 110 valence electrons. The summed E-state index contributed by atoms with van der Waals surface area (Å²) in [6.07, 6.45) is 0. The van der Waals surface area contributed by atoms with Gasteiger partial charge in [0.25, 0.3) is 5.91 Å². The van der Waals surface area contributed by atoms with E-state index in [2.05, 4.69) is 5.32 Å². The van der Waals surface area contributed by atoms with Crippen LogP contribution in [0.2, 0.25) is 0 Å². The lowest BCUT2D eigenvalue weighted by Gasteiger charge is -2.09. The third-order valence-corrected chi connectivity index (χ3v) is 3.39. The Bertz CT molecular complexity index is 811. The number of fused-ring (bicyclic) bond motifs is 1. The molecule has 0 heterocycles. The van der Waals surface area contributed by atoms with Crippen LogP contribution in [0.15, 0.2) is 66.7 Å². The van der Waals surface area contributed by atoms with Crippen molar-refractivity contribution < 1.29 is 9.53 Å². The van der Waals surface area contributed by atoms with Gasteiger partial charge in [0, 0.05) is 5.69 Å². The van der Waals surface area contributed by atoms with Crippen molar-refractivity contribution in [3.8, 4) is 5.75 Å². The van der Waals surface area contributed by atoms with E-state index < -0.39 is 0 Å². The Balaban J connectivity index is 1.63. The summed E-state index contributed by atoms with van der Waals surface area (Å²) >= 11 is 0. The Labute approximate surface area is 129 Å². The number of nitrogens with one attached hydrogen (secondary N) is 1. The van der Waals surface area contributed by atoms with Crippen molar-refractivity contribution in [3.05, 3.63) is 72.3 Å². The second-order valence-corrected chi connectivity index (χ2v) is 5.22. The van der Waals surface area contributed by atoms with Gasteiger partial charge in [0.1, 0.15) is 5.75 Å². The predicted molar refractivity (Wildman–Crippen MR) is 89.3 cm³/mol. The van der Waals surface area contributed by atoms with Gasteiger partial charge in [-0.2, -0.15) is 0 Å². The Kier molecular flexibility index (Phi) is 4.05. The minimum atomic E-state index is -0.170. The maximum Gasteiger partial charge on any atom is 0.262 e. The average Bonchev–Trinajstić information content (AvgIpc) is 2.53. The van der Waals surface area contributed by atoms with Crippen LogP contribution < -0.4 is 10.1 Å². The van der Waals surface area contributed by atoms with Gasteiger partial charge in [-0.1, -0.05) is 42.5 Å². The number of hydrogen-bond donors (Lipinski definition) is 1. The third kappa shape index (κ3) is 3.44. The molecule has 3 aromatic carbocycles. The number of ether oxygens (including phenoxy) is 1. The van der Waals surface area contributed by atoms with Gasteiger partial charge in [-0.15, -0.1) is 0 Å². The first-order chi connectivity index (χ1) is 10.7. The van der Waals surface area contributed by atoms with Gasteiger partial charge in [-0.05, 0) is 47.5 Å². The van der Waals surface area contributed by atoms with E-state index in [1.807, 2.05) is 73.7 Å². The van der Waals surface area contributed by atoms with E-state index in [9.17, 15) is 4.79 Å². The Hall–Kier alpha value is -2.81. The lowest BCUT2D eigenvalue weighted by atomic mass is 10.1. The van der Waals surface area contributed by atoms with Crippen LogP contribution in [0.5, 0.6) is 5.75 Å². The summed E-state index contributed by atoms with van der Waals surface area (Å²) in [5.74, 6) is 0.533. The van der Waals surface area contributed by atoms with Gasteiger partial charge < -0.3 is 10.1 Å². The van der Waals surface area contributed by atoms with E-state index in [1.54, 1.807) is 0 Å². The maximum atomic E-state index is 12.0. The number of hydrogen-bond acceptors (Lipinski definition) is 2. The molecule has 0 aromatic heterocycles. The van der Waals surface area contributed by atoms with E-state index in [1.165, 1.54) is 0 Å². The van der Waals surface area contributed by atoms with Crippen molar-refractivity contribution in [1.82, 2.24) is 0 Å². The zero-order valence-corrected chi connectivity index (χ0v) is 12.4. The van der Waals surface area contributed by atoms with Crippen molar-refractivity contribution in [2.24, 2.45) is 0 Å². The summed E-state index contributed by atoms with van der Waals surface area (Å²) in [6.45, 7) is 1.98. The number of rotatable bonds is 4. The molecule has 3 heteroatoms. The van der Waals surface area contributed by atoms with Crippen molar-refractivity contribution in [1.29, 1.82) is 0 Å². The van der Waals surface area contributed by atoms with Crippen LogP contribution >= 0.6 is 0 Å². The fourth-order valence-corrected chi connectivity index (χ4v) is 2.32. The number of benzene rings is 3. The van der Waals surface area contributed by atoms with Gasteiger partial charge in [0.15, 0.2) is 6.61 Å². The minimum Gasteiger partial charge on any atom is -0.484 e. The summed E-state index contributed by atoms with van der Waals surface area (Å²) < 4.78 is 5.50. The highest BCUT2D eigenvalue weighted by molar-refractivity contribution is 5.95. The first kappa shape index (κ1) is 14.1. The lowest BCUT2D eigenvalue weighted by molar-refractivity contribution is -0.118. The zero-order chi connectivity index (χ0) is 15.4. The lowest BCUT2D eigenvalue weighted by Crippen LogP contribution is -2.20. The van der Waals surface area contributed by atoms with Crippen molar-refractivity contribution in [2.75, 3.05) is 11.9 Å². The van der Waals surface area contributed by atoms with Gasteiger partial charge in [0.05, 0.1) is 0 Å². The molecule has 3 nitrogen and oxygen atoms in total. The molecule has 0 spiro atoms. The summed E-state index contributed by atoms with van der Waals surface area (Å²) in [4.78, 5) is 12.0. The Morgan fingerprint density at radius 1 is 0.955 bits per heavy atom. The number of carbonyl (C=O) groups is 1. The third-order valence-electron chi connectivity index (χ3n) is 3.39. The van der Waals surface area contributed by atoms with Gasteiger partial charge in [0.2, 0.25) is 0 Å². The van der Waals surface area contributed by atoms with Crippen LogP contribution in [0.25, 0.3) is 10.8 Å². The molecular weight excluding hydrogens is 274 g/mol. The fourth-order valence-electron chi connectivity index (χ4n) is 2.32. The zero-order valence-electron chi connectivity index (χ0n) is 12.4. The average molecular weight is 291 g/mol. The first-order valence-corrected chi connectivity index (χ1v) is 7.19. The highest BCUT2D eigenvalue weighted by Gasteiger charge is 2.04. The maximum absolute atomic E-state index is 12.0. The molecule has 0 unspecified atom stereocenters. The van der Waals surface area contributed by atoms with Gasteiger partial charge in [-0.3, -0.25) is 4.79 Å². The van der Waals surface area contributed by atoms with Crippen LogP contribution in [0.1, 0.15) is 5.56 Å². The van der Waals surface area contributed by atoms with Crippen LogP contribution in [-0.2, 0) is 4.79 Å². The number of aryl methyl sites for hydroxylation is 1. The van der Waals surface area contributed by atoms with E-state index in [4.69, 9.17) is 4.74 Å². The van der Waals surface area contributed by atoms with E-state index in [-0.39, 0.29) is 12.5 Å². The molecule has 0 atom stereocenters. The summed E-state index contributed by atoms with van der Waals surface area (Å²) in [7, 11) is 0. The van der Waals surface area contributed by atoms with Crippen LogP contribution in [0.4, 0.5) is 5.69 Å². The molecule has 0 radical (unpaired) electrons. The minimum absolute atomic E-state index is 0.00369. The van der Waals surface area contributed by atoms with Crippen molar-refractivity contribution in [3.63, 3.8) is 0 Å². The highest BCUT2D eigenvalue weighted by atomic mass is 16.5. The predicted octanol–water partition coefficient (Wildman–Crippen LogP) is 4.17. The van der Waals surface area contributed by atoms with E-state index in [0.717, 1.165) is 22.0 Å². The van der Waals surface area contributed by atoms with Crippen LogP contribution in [-0.4, -0.2) is 12.5 Å². The molecule has 0 saturated carbocycles. The number of amides is 1. The smallest absolute Gasteiger partial charge is 0.262 e. The highest BCUT2D eigenvalue weighted by Crippen LogP contribution is 2.19. The van der Waals surface area contributed by atoms with E-state index in [0.29, 0.717) is 5.75 Å². The molecule has 1 amide bonds. The summed E-state index contributed by atoms with van der Waals surface area (Å²) in [6, 6.07) is 21.5. The molecular formula is C19H17NO2. The molecule has 3 aromatic rings. The van der Waals surface area contributed by atoms with Crippen molar-refractivity contribution >= 4 is 22.4 Å². The molecule has 0 saturated heterocycles. The number of carbonyl (C=O) groups excluding carboxylic acids is 1. The quantitative estimate of drug-likeness (QED) is 0.783. The summed E-state index contributed by atoms with van der Waals surface area (Å²) in [5.41, 5.74) is 1.88. The molecule has 0 aliphatic rings. The molecule has 3 rings (SSSR count). The topological polar surface area (TPSA) is 38.3 Å². The largest absolute Gasteiger partial charge is 0.484 e. The molecule has 0 fully saturated rings. The van der Waals surface area contributed by atoms with Crippen LogP contribution in [0.3, 0.4) is 0 Å². The number of anilines is 1.